The third-order valence-corrected chi connectivity index (χ3v) is 10.5. The van der Waals surface area contributed by atoms with Crippen molar-refractivity contribution < 1.29 is 29.3 Å². The van der Waals surface area contributed by atoms with Gasteiger partial charge in [-0.3, -0.25) is 4.79 Å². The molecule has 2 aromatic rings. The molecule has 1 atom stereocenters. The van der Waals surface area contributed by atoms with Crippen LogP contribution >= 0.6 is 0 Å². The fourth-order valence-corrected chi connectivity index (χ4v) is 7.26. The summed E-state index contributed by atoms with van der Waals surface area (Å²) in [7, 11) is -2.04. The van der Waals surface area contributed by atoms with Crippen molar-refractivity contribution in [3.63, 3.8) is 0 Å². The van der Waals surface area contributed by atoms with Crippen molar-refractivity contribution in [1.82, 2.24) is 9.55 Å². The molecule has 10 heteroatoms. The van der Waals surface area contributed by atoms with Crippen LogP contribution in [-0.2, 0) is 32.0 Å². The lowest BCUT2D eigenvalue weighted by Crippen LogP contribution is -2.52. The molecule has 3 aliphatic rings. The number of carbonyl (C=O) groups excluding carboxylic acids is 2. The summed E-state index contributed by atoms with van der Waals surface area (Å²) in [6.07, 6.45) is 2.24. The van der Waals surface area contributed by atoms with E-state index in [0.717, 1.165) is 16.3 Å². The van der Waals surface area contributed by atoms with Gasteiger partial charge < -0.3 is 30.0 Å². The van der Waals surface area contributed by atoms with Gasteiger partial charge in [0, 0.05) is 24.1 Å². The number of benzene rings is 1. The van der Waals surface area contributed by atoms with Crippen LogP contribution < -0.4 is 21.7 Å². The van der Waals surface area contributed by atoms with E-state index in [1.165, 1.54) is 0 Å². The van der Waals surface area contributed by atoms with Gasteiger partial charge in [0.2, 0.25) is 5.60 Å². The summed E-state index contributed by atoms with van der Waals surface area (Å²) in [6.45, 7) is 10.5. The summed E-state index contributed by atoms with van der Waals surface area (Å²) < 4.78 is 13.1. The van der Waals surface area contributed by atoms with Gasteiger partial charge in [-0.15, -0.1) is 6.58 Å². The van der Waals surface area contributed by atoms with Crippen LogP contribution in [0, 0.1) is 0 Å². The summed E-state index contributed by atoms with van der Waals surface area (Å²) in [5.74, 6) is -1.11. The first-order valence-electron chi connectivity index (χ1n) is 12.4. The zero-order chi connectivity index (χ0) is 26.7. The van der Waals surface area contributed by atoms with Gasteiger partial charge in [0.25, 0.3) is 0 Å². The normalized spacial score (nSPS) is 20.2. The number of carbonyl (C=O) groups is 2. The van der Waals surface area contributed by atoms with Gasteiger partial charge in [-0.2, -0.15) is 0 Å². The van der Waals surface area contributed by atoms with Crippen LogP contribution in [0.3, 0.4) is 0 Å². The number of imidazole rings is 1. The second-order valence-corrected chi connectivity index (χ2v) is 14.6. The highest BCUT2D eigenvalue weighted by Crippen LogP contribution is 2.39. The summed E-state index contributed by atoms with van der Waals surface area (Å²) in [6, 6.07) is 3.53. The number of rotatable bonds is 6. The first kappa shape index (κ1) is 25.0. The number of aliphatic hydroxyl groups is 1. The quantitative estimate of drug-likeness (QED) is 0.316. The molecular formula is C27H31N3O6Si. The summed E-state index contributed by atoms with van der Waals surface area (Å²) in [4.78, 5) is 30.2. The van der Waals surface area contributed by atoms with Gasteiger partial charge in [0.05, 0.1) is 18.7 Å². The van der Waals surface area contributed by atoms with Crippen molar-refractivity contribution in [3.05, 3.63) is 63.2 Å². The average molecular weight is 522 g/mol. The Morgan fingerprint density at radius 2 is 2.14 bits per heavy atom. The SMILES string of the molecule is C=C[Si](C)(C)c1cc(O)cc2c1Cn1c(nc3c1=C(O)C1=C(C3)C(CC)(OC(=O)CCN)C(=O)OC1)=C2. The minimum atomic E-state index is -2.04. The molecule has 0 spiro atoms. The van der Waals surface area contributed by atoms with E-state index >= 15 is 0 Å². The highest BCUT2D eigenvalue weighted by Gasteiger charge is 2.52. The first-order valence-corrected chi connectivity index (χ1v) is 15.5. The van der Waals surface area contributed by atoms with E-state index in [1.807, 2.05) is 22.4 Å². The predicted octanol–water partition coefficient (Wildman–Crippen LogP) is 0.536. The summed E-state index contributed by atoms with van der Waals surface area (Å²) in [5.41, 5.74) is 9.94. The van der Waals surface area contributed by atoms with Crippen LogP contribution in [0.4, 0.5) is 0 Å². The van der Waals surface area contributed by atoms with Gasteiger partial charge in [0.1, 0.15) is 37.0 Å². The van der Waals surface area contributed by atoms with Crippen LogP contribution in [-0.4, -0.2) is 58.5 Å². The van der Waals surface area contributed by atoms with E-state index in [0.29, 0.717) is 34.2 Å². The fraction of sp³-hybridized carbons (Fsp3) is 0.370. The molecule has 1 unspecified atom stereocenters. The number of cyclic esters (lactones) is 1. The Balaban J connectivity index is 1.68. The second kappa shape index (κ2) is 8.74. The van der Waals surface area contributed by atoms with E-state index in [1.54, 1.807) is 13.0 Å². The van der Waals surface area contributed by atoms with Crippen LogP contribution in [0.2, 0.25) is 13.1 Å². The van der Waals surface area contributed by atoms with Crippen molar-refractivity contribution in [2.75, 3.05) is 13.2 Å². The van der Waals surface area contributed by atoms with Gasteiger partial charge >= 0.3 is 11.9 Å². The van der Waals surface area contributed by atoms with E-state index in [-0.39, 0.29) is 43.9 Å². The maximum atomic E-state index is 13.0. The topological polar surface area (TPSA) is 137 Å². The Morgan fingerprint density at radius 1 is 1.38 bits per heavy atom. The number of hydrogen-bond acceptors (Lipinski definition) is 8. The van der Waals surface area contributed by atoms with Gasteiger partial charge in [-0.05, 0) is 40.9 Å². The number of aromatic hydroxyl groups is 1. The number of aliphatic hydroxyl groups excluding tert-OH is 1. The van der Waals surface area contributed by atoms with E-state index in [4.69, 9.17) is 20.2 Å². The maximum absolute atomic E-state index is 13.0. The molecule has 0 amide bonds. The maximum Gasteiger partial charge on any atom is 0.355 e. The lowest BCUT2D eigenvalue weighted by molar-refractivity contribution is -0.180. The van der Waals surface area contributed by atoms with E-state index < -0.39 is 25.6 Å². The number of nitrogens with two attached hydrogens (primary N) is 1. The number of ether oxygens (including phenoxy) is 2. The second-order valence-electron chi connectivity index (χ2n) is 10.2. The molecule has 0 saturated carbocycles. The monoisotopic (exact) mass is 521 g/mol. The molecular weight excluding hydrogens is 490 g/mol. The number of phenols is 1. The van der Waals surface area contributed by atoms with Crippen molar-refractivity contribution >= 4 is 37.0 Å². The van der Waals surface area contributed by atoms with Gasteiger partial charge in [-0.25, -0.2) is 9.78 Å². The molecule has 5 rings (SSSR count). The zero-order valence-electron chi connectivity index (χ0n) is 21.3. The average Bonchev–Trinajstić information content (AvgIpc) is 3.21. The molecule has 194 valence electrons. The molecule has 3 heterocycles. The molecule has 0 bridgehead atoms. The standard InChI is InChI=1S/C27H31N3O6Si/c1-5-27(36-23(32)7-8-28)19-12-20-24(25(33)18(19)14-35-26(27)34)30-13-17-15(10-22(30)29-20)9-16(31)11-21(17)37(3,4)6-2/h6,9-11,31,33H,2,5,7-8,12-14,28H2,1,3-4H3. The largest absolute Gasteiger partial charge is 0.508 e. The highest BCUT2D eigenvalue weighted by molar-refractivity contribution is 6.94. The number of nitrogens with zero attached hydrogens (tertiary/aromatic N) is 2. The highest BCUT2D eigenvalue weighted by atomic mass is 28.3. The number of aromatic nitrogens is 2. The van der Waals surface area contributed by atoms with Gasteiger partial charge in [0.15, 0.2) is 0 Å². The van der Waals surface area contributed by atoms with E-state index in [9.17, 15) is 19.8 Å². The first-order chi connectivity index (χ1) is 17.6. The summed E-state index contributed by atoms with van der Waals surface area (Å²) >= 11 is 0. The molecule has 37 heavy (non-hydrogen) atoms. The minimum absolute atomic E-state index is 0.0346. The Labute approximate surface area is 215 Å². The number of esters is 2. The van der Waals surface area contributed by atoms with Crippen LogP contribution in [0.25, 0.3) is 11.8 Å². The number of hydrogen-bond donors (Lipinski definition) is 3. The Hall–Kier alpha value is -3.63. The molecule has 2 aliphatic heterocycles. The van der Waals surface area contributed by atoms with Crippen molar-refractivity contribution in [3.8, 4) is 5.75 Å². The molecule has 1 aromatic heterocycles. The summed E-state index contributed by atoms with van der Waals surface area (Å²) in [5, 5.41) is 23.6. The Morgan fingerprint density at radius 3 is 2.81 bits per heavy atom. The van der Waals surface area contributed by atoms with Crippen LogP contribution in [0.15, 0.2) is 35.6 Å². The minimum Gasteiger partial charge on any atom is -0.508 e. The Bertz CT molecular complexity index is 1520. The third kappa shape index (κ3) is 3.74. The van der Waals surface area contributed by atoms with E-state index in [2.05, 4.69) is 19.7 Å². The van der Waals surface area contributed by atoms with Crippen LogP contribution in [0.5, 0.6) is 5.75 Å². The molecule has 1 aliphatic carbocycles. The van der Waals surface area contributed by atoms with Crippen molar-refractivity contribution in [2.24, 2.45) is 5.73 Å². The lowest BCUT2D eigenvalue weighted by atomic mass is 9.79. The third-order valence-electron chi connectivity index (χ3n) is 7.66. The Kier molecular flexibility index (Phi) is 5.91. The molecule has 4 N–H and O–H groups in total. The predicted molar refractivity (Wildman–Crippen MR) is 140 cm³/mol. The number of phenolic OH excluding ortho intramolecular Hbond substituents is 1. The fourth-order valence-electron chi connectivity index (χ4n) is 5.52. The number of fused-ring (bicyclic) bond motifs is 4. The van der Waals surface area contributed by atoms with Crippen molar-refractivity contribution in [2.45, 2.75) is 51.4 Å². The molecule has 0 fully saturated rings. The molecule has 1 aromatic carbocycles. The zero-order valence-corrected chi connectivity index (χ0v) is 22.3. The van der Waals surface area contributed by atoms with Gasteiger partial charge in [-0.1, -0.05) is 25.7 Å². The molecule has 9 nitrogen and oxygen atoms in total. The lowest BCUT2D eigenvalue weighted by Gasteiger charge is -2.38. The smallest absolute Gasteiger partial charge is 0.355 e. The molecule has 0 radical (unpaired) electrons. The van der Waals surface area contributed by atoms with Crippen LogP contribution in [0.1, 0.15) is 36.6 Å². The molecule has 0 saturated heterocycles. The van der Waals surface area contributed by atoms with Crippen molar-refractivity contribution in [1.29, 1.82) is 0 Å².